The van der Waals surface area contributed by atoms with E-state index in [0.29, 0.717) is 6.54 Å². The molecule has 0 saturated carbocycles. The minimum absolute atomic E-state index is 0.00505. The number of carbonyl (C=O) groups is 1. The molecule has 3 unspecified atom stereocenters. The zero-order valence-electron chi connectivity index (χ0n) is 16.1. The zero-order valence-corrected chi connectivity index (χ0v) is 16.1. The highest BCUT2D eigenvalue weighted by atomic mass is 16.5. The summed E-state index contributed by atoms with van der Waals surface area (Å²) in [5.41, 5.74) is 0.949. The van der Waals surface area contributed by atoms with Crippen LogP contribution in [0, 0.1) is 0 Å². The summed E-state index contributed by atoms with van der Waals surface area (Å²) in [4.78, 5) is 18.8. The van der Waals surface area contributed by atoms with Gasteiger partial charge in [-0.05, 0) is 51.8 Å². The Hall–Kier alpha value is -1.66. The Bertz CT molecular complexity index is 540. The lowest BCUT2D eigenvalue weighted by Crippen LogP contribution is -2.59. The van der Waals surface area contributed by atoms with E-state index in [2.05, 4.69) is 55.1 Å². The predicted molar refractivity (Wildman–Crippen MR) is 99.5 cm³/mol. The number of nitrogens with one attached hydrogen (secondary N) is 2. The van der Waals surface area contributed by atoms with E-state index in [1.807, 2.05) is 12.1 Å². The van der Waals surface area contributed by atoms with Gasteiger partial charge in [0.1, 0.15) is 0 Å². The second kappa shape index (κ2) is 8.63. The van der Waals surface area contributed by atoms with Crippen LogP contribution in [-0.4, -0.2) is 53.3 Å². The van der Waals surface area contributed by atoms with Gasteiger partial charge < -0.3 is 15.4 Å². The van der Waals surface area contributed by atoms with Crippen molar-refractivity contribution in [2.75, 3.05) is 19.6 Å². The lowest BCUT2D eigenvalue weighted by molar-refractivity contribution is -0.0947. The third-order valence-corrected chi connectivity index (χ3v) is 4.78. The maximum atomic E-state index is 12.4. The lowest BCUT2D eigenvalue weighted by Gasteiger charge is -2.45. The number of morpholine rings is 1. The summed E-state index contributed by atoms with van der Waals surface area (Å²) in [6.07, 6.45) is 4.77. The second-order valence-electron chi connectivity index (χ2n) is 7.54. The Kier molecular flexibility index (Phi) is 6.79. The van der Waals surface area contributed by atoms with E-state index >= 15 is 0 Å². The molecule has 2 N–H and O–H groups in total. The molecular formula is C19H32N4O2. The van der Waals surface area contributed by atoms with E-state index in [-0.39, 0.29) is 29.8 Å². The SMILES string of the molecule is CCC(NC(=O)NCC(C)(C)N1CC(C)OC(C)C1)c1ccncc1. The van der Waals surface area contributed by atoms with Crippen molar-refractivity contribution < 1.29 is 9.53 Å². The van der Waals surface area contributed by atoms with Gasteiger partial charge in [-0.3, -0.25) is 9.88 Å². The van der Waals surface area contributed by atoms with Gasteiger partial charge in [0.2, 0.25) is 0 Å². The standard InChI is InChI=1S/C19H32N4O2/c1-6-17(16-7-9-20-10-8-16)22-18(24)21-13-19(4,5)23-11-14(2)25-15(3)12-23/h7-10,14-15,17H,6,11-13H2,1-5H3,(H2,21,22,24). The van der Waals surface area contributed by atoms with Crippen LogP contribution >= 0.6 is 0 Å². The van der Waals surface area contributed by atoms with Crippen LogP contribution in [-0.2, 0) is 4.74 Å². The van der Waals surface area contributed by atoms with Crippen molar-refractivity contribution >= 4 is 6.03 Å². The van der Waals surface area contributed by atoms with Crippen LogP contribution in [0.25, 0.3) is 0 Å². The number of hydrogen-bond acceptors (Lipinski definition) is 4. The van der Waals surface area contributed by atoms with Crippen LogP contribution < -0.4 is 10.6 Å². The molecule has 2 amide bonds. The van der Waals surface area contributed by atoms with Crippen molar-refractivity contribution in [3.63, 3.8) is 0 Å². The summed E-state index contributed by atoms with van der Waals surface area (Å²) in [6, 6.07) is 3.74. The number of urea groups is 1. The summed E-state index contributed by atoms with van der Waals surface area (Å²) in [7, 11) is 0. The van der Waals surface area contributed by atoms with E-state index in [4.69, 9.17) is 4.74 Å². The summed E-state index contributed by atoms with van der Waals surface area (Å²) in [5, 5.41) is 6.09. The number of rotatable bonds is 6. The van der Waals surface area contributed by atoms with Crippen molar-refractivity contribution in [1.29, 1.82) is 0 Å². The van der Waals surface area contributed by atoms with Crippen molar-refractivity contribution in [1.82, 2.24) is 20.5 Å². The first kappa shape index (κ1) is 19.7. The molecular weight excluding hydrogens is 316 g/mol. The molecule has 2 heterocycles. The molecule has 0 spiro atoms. The second-order valence-corrected chi connectivity index (χ2v) is 7.54. The van der Waals surface area contributed by atoms with Gasteiger partial charge >= 0.3 is 6.03 Å². The van der Waals surface area contributed by atoms with Gasteiger partial charge in [-0.15, -0.1) is 0 Å². The van der Waals surface area contributed by atoms with Gasteiger partial charge in [-0.25, -0.2) is 4.79 Å². The topological polar surface area (TPSA) is 66.5 Å². The monoisotopic (exact) mass is 348 g/mol. The van der Waals surface area contributed by atoms with Gasteiger partial charge in [0, 0.05) is 37.6 Å². The average Bonchev–Trinajstić information content (AvgIpc) is 2.58. The number of nitrogens with zero attached hydrogens (tertiary/aromatic N) is 2. The number of ether oxygens (including phenoxy) is 1. The molecule has 1 aromatic rings. The molecule has 1 fully saturated rings. The smallest absolute Gasteiger partial charge is 0.315 e. The minimum Gasteiger partial charge on any atom is -0.373 e. The van der Waals surface area contributed by atoms with Crippen LogP contribution in [0.4, 0.5) is 4.79 Å². The predicted octanol–water partition coefficient (Wildman–Crippen LogP) is 2.72. The molecule has 140 valence electrons. The number of aromatic nitrogens is 1. The summed E-state index contributed by atoms with van der Waals surface area (Å²) >= 11 is 0. The largest absolute Gasteiger partial charge is 0.373 e. The maximum Gasteiger partial charge on any atom is 0.315 e. The number of carbonyl (C=O) groups excluding carboxylic acids is 1. The van der Waals surface area contributed by atoms with Crippen molar-refractivity contribution in [3.8, 4) is 0 Å². The summed E-state index contributed by atoms with van der Waals surface area (Å²) < 4.78 is 5.81. The quantitative estimate of drug-likeness (QED) is 0.829. The van der Waals surface area contributed by atoms with E-state index in [1.165, 1.54) is 0 Å². The van der Waals surface area contributed by atoms with Crippen LogP contribution in [0.5, 0.6) is 0 Å². The Morgan fingerprint density at radius 3 is 2.48 bits per heavy atom. The number of amides is 2. The molecule has 25 heavy (non-hydrogen) atoms. The van der Waals surface area contributed by atoms with E-state index in [1.54, 1.807) is 12.4 Å². The van der Waals surface area contributed by atoms with E-state index in [9.17, 15) is 4.79 Å². The highest BCUT2D eigenvalue weighted by Gasteiger charge is 2.33. The normalized spacial score (nSPS) is 23.1. The fraction of sp³-hybridized carbons (Fsp3) is 0.684. The molecule has 1 aliphatic heterocycles. The summed E-state index contributed by atoms with van der Waals surface area (Å²) in [6.45, 7) is 12.9. The van der Waals surface area contributed by atoms with Crippen molar-refractivity contribution in [2.45, 2.75) is 64.8 Å². The van der Waals surface area contributed by atoms with E-state index in [0.717, 1.165) is 25.1 Å². The fourth-order valence-electron chi connectivity index (χ4n) is 3.31. The molecule has 0 aromatic carbocycles. The molecule has 6 nitrogen and oxygen atoms in total. The van der Waals surface area contributed by atoms with Crippen molar-refractivity contribution in [3.05, 3.63) is 30.1 Å². The lowest BCUT2D eigenvalue weighted by atomic mass is 10.00. The highest BCUT2D eigenvalue weighted by molar-refractivity contribution is 5.74. The van der Waals surface area contributed by atoms with Crippen molar-refractivity contribution in [2.24, 2.45) is 0 Å². The molecule has 0 aliphatic carbocycles. The number of hydrogen-bond donors (Lipinski definition) is 2. The molecule has 1 aromatic heterocycles. The van der Waals surface area contributed by atoms with Crippen LogP contribution in [0.1, 0.15) is 52.6 Å². The third kappa shape index (κ3) is 5.68. The molecule has 6 heteroatoms. The Labute approximate surface area is 151 Å². The third-order valence-electron chi connectivity index (χ3n) is 4.78. The fourth-order valence-corrected chi connectivity index (χ4v) is 3.31. The number of pyridine rings is 1. The Balaban J connectivity index is 1.87. The molecule has 1 saturated heterocycles. The Morgan fingerprint density at radius 2 is 1.92 bits per heavy atom. The first-order valence-electron chi connectivity index (χ1n) is 9.16. The first-order valence-corrected chi connectivity index (χ1v) is 9.16. The maximum absolute atomic E-state index is 12.4. The highest BCUT2D eigenvalue weighted by Crippen LogP contribution is 2.21. The molecule has 3 atom stereocenters. The van der Waals surface area contributed by atoms with Gasteiger partial charge in [-0.2, -0.15) is 0 Å². The van der Waals surface area contributed by atoms with E-state index < -0.39 is 0 Å². The molecule has 0 bridgehead atoms. The molecule has 2 rings (SSSR count). The zero-order chi connectivity index (χ0) is 18.4. The van der Waals surface area contributed by atoms with Crippen LogP contribution in [0.3, 0.4) is 0 Å². The molecule has 1 aliphatic rings. The Morgan fingerprint density at radius 1 is 1.32 bits per heavy atom. The first-order chi connectivity index (χ1) is 11.8. The van der Waals surface area contributed by atoms with Crippen LogP contribution in [0.15, 0.2) is 24.5 Å². The molecule has 0 radical (unpaired) electrons. The summed E-state index contributed by atoms with van der Waals surface area (Å²) in [5.74, 6) is 0. The van der Waals surface area contributed by atoms with Gasteiger partial charge in [-0.1, -0.05) is 6.92 Å². The van der Waals surface area contributed by atoms with Gasteiger partial charge in [0.15, 0.2) is 0 Å². The van der Waals surface area contributed by atoms with Gasteiger partial charge in [0.05, 0.1) is 18.2 Å². The van der Waals surface area contributed by atoms with Crippen LogP contribution in [0.2, 0.25) is 0 Å². The average molecular weight is 348 g/mol. The van der Waals surface area contributed by atoms with Gasteiger partial charge in [0.25, 0.3) is 0 Å². The minimum atomic E-state index is -0.133.